The molecule has 0 aliphatic heterocycles. The number of halogens is 1. The first-order valence-corrected chi connectivity index (χ1v) is 7.90. The maximum Gasteiger partial charge on any atom is 0.373 e. The molecule has 0 saturated heterocycles. The van der Waals surface area contributed by atoms with Crippen molar-refractivity contribution >= 4 is 23.5 Å². The van der Waals surface area contributed by atoms with E-state index in [9.17, 15) is 9.59 Å². The Morgan fingerprint density at radius 3 is 2.73 bits per heavy atom. The summed E-state index contributed by atoms with van der Waals surface area (Å²) >= 11 is 5.95. The van der Waals surface area contributed by atoms with Crippen molar-refractivity contribution in [3.8, 4) is 5.69 Å². The minimum atomic E-state index is -0.660. The molecule has 0 unspecified atom stereocenters. The largest absolute Gasteiger partial charge is 0.463 e. The van der Waals surface area contributed by atoms with Crippen LogP contribution in [0.2, 0.25) is 5.02 Å². The van der Waals surface area contributed by atoms with E-state index < -0.39 is 11.9 Å². The molecule has 26 heavy (non-hydrogen) atoms. The Labute approximate surface area is 153 Å². The number of nitrogens with zero attached hydrogens (tertiary/aromatic N) is 3. The van der Waals surface area contributed by atoms with Crippen molar-refractivity contribution in [3.05, 3.63) is 64.3 Å². The summed E-state index contributed by atoms with van der Waals surface area (Å²) in [5.41, 5.74) is 1.10. The van der Waals surface area contributed by atoms with Crippen molar-refractivity contribution in [1.29, 1.82) is 0 Å². The predicted molar refractivity (Wildman–Crippen MR) is 90.3 cm³/mol. The summed E-state index contributed by atoms with van der Waals surface area (Å²) in [5.74, 6) is -0.935. The fraction of sp³-hybridized carbons (Fsp3) is 0.176. The highest BCUT2D eigenvalue weighted by molar-refractivity contribution is 6.30. The number of carbonyl (C=O) groups is 2. The van der Waals surface area contributed by atoms with Gasteiger partial charge in [0.2, 0.25) is 5.76 Å². The van der Waals surface area contributed by atoms with Gasteiger partial charge in [-0.3, -0.25) is 0 Å². The zero-order valence-corrected chi connectivity index (χ0v) is 14.7. The van der Waals surface area contributed by atoms with Gasteiger partial charge in [-0.15, -0.1) is 5.10 Å². The summed E-state index contributed by atoms with van der Waals surface area (Å²) in [6, 6.07) is 9.88. The lowest BCUT2D eigenvalue weighted by Crippen LogP contribution is -2.08. The maximum atomic E-state index is 12.2. The van der Waals surface area contributed by atoms with E-state index in [1.807, 2.05) is 0 Å². The van der Waals surface area contributed by atoms with E-state index in [4.69, 9.17) is 20.8 Å². The molecule has 8 nitrogen and oxygen atoms in total. The van der Waals surface area contributed by atoms with Crippen molar-refractivity contribution in [2.24, 2.45) is 0 Å². The first kappa shape index (κ1) is 17.7. The molecule has 0 atom stereocenters. The van der Waals surface area contributed by atoms with Gasteiger partial charge >= 0.3 is 11.9 Å². The highest BCUT2D eigenvalue weighted by Crippen LogP contribution is 2.16. The summed E-state index contributed by atoms with van der Waals surface area (Å²) in [6.45, 7) is 1.49. The molecule has 1 aromatic carbocycles. The molecule has 0 radical (unpaired) electrons. The van der Waals surface area contributed by atoms with Crippen LogP contribution in [0.1, 0.15) is 32.5 Å². The zero-order chi connectivity index (χ0) is 18.7. The smallest absolute Gasteiger partial charge is 0.373 e. The fourth-order valence-corrected chi connectivity index (χ4v) is 2.34. The molecular formula is C17H14ClN3O5. The molecule has 3 aromatic rings. The molecule has 0 aliphatic rings. The fourth-order valence-electron chi connectivity index (χ4n) is 2.15. The van der Waals surface area contributed by atoms with Crippen LogP contribution in [0.15, 0.2) is 40.8 Å². The third-order valence-corrected chi connectivity index (χ3v) is 3.64. The minimum absolute atomic E-state index is 0.0293. The Kier molecular flexibility index (Phi) is 5.04. The summed E-state index contributed by atoms with van der Waals surface area (Å²) in [5, 5.41) is 8.87. The molecule has 0 spiro atoms. The number of ether oxygens (including phenoxy) is 2. The number of hydrogen-bond donors (Lipinski definition) is 0. The van der Waals surface area contributed by atoms with Crippen LogP contribution in [0.5, 0.6) is 0 Å². The van der Waals surface area contributed by atoms with Crippen LogP contribution in [-0.4, -0.2) is 34.0 Å². The Balaban J connectivity index is 1.70. The normalized spacial score (nSPS) is 10.6. The molecule has 134 valence electrons. The second-order valence-electron chi connectivity index (χ2n) is 5.24. The van der Waals surface area contributed by atoms with Crippen LogP contribution in [0.3, 0.4) is 0 Å². The van der Waals surface area contributed by atoms with Crippen LogP contribution in [0.4, 0.5) is 0 Å². The van der Waals surface area contributed by atoms with Gasteiger partial charge in [0.1, 0.15) is 12.4 Å². The zero-order valence-electron chi connectivity index (χ0n) is 13.9. The number of carbonyl (C=O) groups excluding carboxylic acids is 2. The number of aromatic nitrogens is 3. The van der Waals surface area contributed by atoms with E-state index in [1.165, 1.54) is 24.0 Å². The molecule has 0 fully saturated rings. The molecule has 0 bridgehead atoms. The van der Waals surface area contributed by atoms with Crippen LogP contribution in [-0.2, 0) is 16.1 Å². The van der Waals surface area contributed by atoms with Gasteiger partial charge in [0, 0.05) is 5.02 Å². The lowest BCUT2D eigenvalue weighted by atomic mass is 10.3. The maximum absolute atomic E-state index is 12.2. The SMILES string of the molecule is COC(=O)c1ccc(COC(=O)c2nn(-c3cccc(Cl)c3)nc2C)o1. The number of rotatable bonds is 5. The number of benzene rings is 1. The molecule has 0 aliphatic carbocycles. The first-order chi connectivity index (χ1) is 12.5. The Morgan fingerprint density at radius 2 is 2.00 bits per heavy atom. The van der Waals surface area contributed by atoms with Gasteiger partial charge in [-0.25, -0.2) is 9.59 Å². The van der Waals surface area contributed by atoms with E-state index in [-0.39, 0.29) is 18.1 Å². The number of methoxy groups -OCH3 is 1. The molecular weight excluding hydrogens is 362 g/mol. The van der Waals surface area contributed by atoms with Gasteiger partial charge in [-0.05, 0) is 37.3 Å². The van der Waals surface area contributed by atoms with Crippen molar-refractivity contribution in [2.45, 2.75) is 13.5 Å². The van der Waals surface area contributed by atoms with E-state index in [0.717, 1.165) is 0 Å². The molecule has 2 aromatic heterocycles. The minimum Gasteiger partial charge on any atom is -0.463 e. The Morgan fingerprint density at radius 1 is 1.19 bits per heavy atom. The van der Waals surface area contributed by atoms with Gasteiger partial charge < -0.3 is 13.9 Å². The lowest BCUT2D eigenvalue weighted by molar-refractivity contribution is 0.0430. The third-order valence-electron chi connectivity index (χ3n) is 3.41. The van der Waals surface area contributed by atoms with Crippen LogP contribution < -0.4 is 0 Å². The van der Waals surface area contributed by atoms with Crippen LogP contribution >= 0.6 is 11.6 Å². The summed E-state index contributed by atoms with van der Waals surface area (Å²) < 4.78 is 14.9. The standard InChI is InChI=1S/C17H14ClN3O5/c1-10-15(20-21(19-10)12-5-3-4-11(18)8-12)17(23)25-9-13-6-7-14(26-13)16(22)24-2/h3-8H,9H2,1-2H3. The average Bonchev–Trinajstić information content (AvgIpc) is 3.26. The number of furan rings is 1. The average molecular weight is 376 g/mol. The van der Waals surface area contributed by atoms with Crippen molar-refractivity contribution in [3.63, 3.8) is 0 Å². The van der Waals surface area contributed by atoms with Gasteiger partial charge in [0.15, 0.2) is 5.69 Å². The number of hydrogen-bond acceptors (Lipinski definition) is 7. The number of aryl methyl sites for hydroxylation is 1. The van der Waals surface area contributed by atoms with Crippen molar-refractivity contribution < 1.29 is 23.5 Å². The first-order valence-electron chi connectivity index (χ1n) is 7.52. The van der Waals surface area contributed by atoms with Crippen molar-refractivity contribution in [2.75, 3.05) is 7.11 Å². The lowest BCUT2D eigenvalue weighted by Gasteiger charge is -2.01. The third kappa shape index (κ3) is 3.75. The highest BCUT2D eigenvalue weighted by Gasteiger charge is 2.19. The summed E-state index contributed by atoms with van der Waals surface area (Å²) in [6.07, 6.45) is 0. The van der Waals surface area contributed by atoms with Gasteiger partial charge in [0.25, 0.3) is 0 Å². The van der Waals surface area contributed by atoms with E-state index in [0.29, 0.717) is 22.2 Å². The molecule has 0 saturated carbocycles. The van der Waals surface area contributed by atoms with E-state index in [1.54, 1.807) is 31.2 Å². The quantitative estimate of drug-likeness (QED) is 0.632. The monoisotopic (exact) mass is 375 g/mol. The van der Waals surface area contributed by atoms with E-state index >= 15 is 0 Å². The van der Waals surface area contributed by atoms with E-state index in [2.05, 4.69) is 14.9 Å². The molecule has 2 heterocycles. The van der Waals surface area contributed by atoms with Gasteiger partial charge in [-0.1, -0.05) is 17.7 Å². The summed E-state index contributed by atoms with van der Waals surface area (Å²) in [7, 11) is 1.25. The van der Waals surface area contributed by atoms with Crippen LogP contribution in [0.25, 0.3) is 5.69 Å². The highest BCUT2D eigenvalue weighted by atomic mass is 35.5. The Bertz CT molecular complexity index is 963. The molecule has 0 amide bonds. The number of esters is 2. The van der Waals surface area contributed by atoms with Crippen molar-refractivity contribution in [1.82, 2.24) is 15.0 Å². The molecule has 9 heteroatoms. The van der Waals surface area contributed by atoms with Gasteiger partial charge in [-0.2, -0.15) is 9.90 Å². The second kappa shape index (κ2) is 7.40. The second-order valence-corrected chi connectivity index (χ2v) is 5.67. The molecule has 3 rings (SSSR count). The predicted octanol–water partition coefficient (Wildman–Crippen LogP) is 2.97. The van der Waals surface area contributed by atoms with Crippen LogP contribution in [0, 0.1) is 6.92 Å². The van der Waals surface area contributed by atoms with Gasteiger partial charge in [0.05, 0.1) is 18.5 Å². The topological polar surface area (TPSA) is 96.5 Å². The Hall–Kier alpha value is -3.13. The summed E-state index contributed by atoms with van der Waals surface area (Å²) in [4.78, 5) is 24.9. The molecule has 0 N–H and O–H groups in total.